The number of ether oxygens (including phenoxy) is 1. The van der Waals surface area contributed by atoms with Gasteiger partial charge in [-0.3, -0.25) is 4.79 Å². The minimum atomic E-state index is -1.00. The fourth-order valence-corrected chi connectivity index (χ4v) is 2.74. The quantitative estimate of drug-likeness (QED) is 0.806. The summed E-state index contributed by atoms with van der Waals surface area (Å²) < 4.78 is 4.94. The average Bonchev–Trinajstić information content (AvgIpc) is 2.41. The first-order chi connectivity index (χ1) is 9.45. The van der Waals surface area contributed by atoms with Crippen molar-refractivity contribution in [2.45, 2.75) is 38.6 Å². The Kier molecular flexibility index (Phi) is 6.78. The minimum absolute atomic E-state index is 0.213. The van der Waals surface area contributed by atoms with Gasteiger partial charge in [0.1, 0.15) is 6.54 Å². The normalized spacial score (nSPS) is 22.4. The van der Waals surface area contributed by atoms with E-state index in [9.17, 15) is 9.59 Å². The maximum atomic E-state index is 12.4. The zero-order chi connectivity index (χ0) is 15.1. The van der Waals surface area contributed by atoms with E-state index >= 15 is 0 Å². The molecule has 6 nitrogen and oxygen atoms in total. The first-order valence-corrected chi connectivity index (χ1v) is 7.18. The standard InChI is InChI=1S/C14H26N2O4/c1-11-5-4-6-12(9-11)15(2)14(19)16(7-8-20-3)10-13(17)18/h11-12H,4-10H2,1-3H3,(H,17,18). The monoisotopic (exact) mass is 286 g/mol. The van der Waals surface area contributed by atoms with Crippen molar-refractivity contribution in [1.29, 1.82) is 0 Å². The molecular weight excluding hydrogens is 260 g/mol. The van der Waals surface area contributed by atoms with Gasteiger partial charge >= 0.3 is 12.0 Å². The zero-order valence-corrected chi connectivity index (χ0v) is 12.7. The number of carboxylic acid groups (broad SMARTS) is 1. The van der Waals surface area contributed by atoms with E-state index in [0.717, 1.165) is 19.3 Å². The van der Waals surface area contributed by atoms with Gasteiger partial charge in [-0.1, -0.05) is 19.8 Å². The number of urea groups is 1. The van der Waals surface area contributed by atoms with Crippen LogP contribution < -0.4 is 0 Å². The zero-order valence-electron chi connectivity index (χ0n) is 12.7. The molecule has 2 unspecified atom stereocenters. The van der Waals surface area contributed by atoms with Crippen molar-refractivity contribution in [2.24, 2.45) is 5.92 Å². The Hall–Kier alpha value is -1.30. The number of carboxylic acids is 1. The number of hydrogen-bond acceptors (Lipinski definition) is 3. The number of carbonyl (C=O) groups is 2. The van der Waals surface area contributed by atoms with Crippen LogP contribution in [0.15, 0.2) is 0 Å². The summed E-state index contributed by atoms with van der Waals surface area (Å²) in [4.78, 5) is 26.3. The predicted octanol–water partition coefficient (Wildman–Crippen LogP) is 1.65. The van der Waals surface area contributed by atoms with Crippen LogP contribution >= 0.6 is 0 Å². The SMILES string of the molecule is COCCN(CC(=O)O)C(=O)N(C)C1CCCC(C)C1. The van der Waals surface area contributed by atoms with Crippen molar-refractivity contribution in [3.8, 4) is 0 Å². The maximum Gasteiger partial charge on any atom is 0.323 e. The summed E-state index contributed by atoms with van der Waals surface area (Å²) in [7, 11) is 3.31. The number of methoxy groups -OCH3 is 1. The molecule has 1 fully saturated rings. The molecule has 0 aliphatic heterocycles. The van der Waals surface area contributed by atoms with Gasteiger partial charge in [-0.15, -0.1) is 0 Å². The van der Waals surface area contributed by atoms with Gasteiger partial charge in [0.15, 0.2) is 0 Å². The molecule has 1 saturated carbocycles. The Labute approximate surface area is 120 Å². The second kappa shape index (κ2) is 8.09. The summed E-state index contributed by atoms with van der Waals surface area (Å²) in [6.07, 6.45) is 4.33. The molecule has 2 amide bonds. The summed E-state index contributed by atoms with van der Waals surface area (Å²) in [6.45, 7) is 2.56. The minimum Gasteiger partial charge on any atom is -0.480 e. The van der Waals surface area contributed by atoms with Crippen molar-refractivity contribution in [3.63, 3.8) is 0 Å². The fraction of sp³-hybridized carbons (Fsp3) is 0.857. The number of amides is 2. The second-order valence-electron chi connectivity index (χ2n) is 5.63. The molecule has 0 aromatic carbocycles. The largest absolute Gasteiger partial charge is 0.480 e. The molecule has 0 bridgehead atoms. The molecule has 6 heteroatoms. The number of nitrogens with zero attached hydrogens (tertiary/aromatic N) is 2. The van der Waals surface area contributed by atoms with Crippen molar-refractivity contribution < 1.29 is 19.4 Å². The third-order valence-electron chi connectivity index (χ3n) is 3.92. The molecule has 0 aromatic rings. The van der Waals surface area contributed by atoms with Gasteiger partial charge in [-0.2, -0.15) is 0 Å². The van der Waals surface area contributed by atoms with Crippen LogP contribution in [0.4, 0.5) is 4.79 Å². The molecule has 1 rings (SSSR count). The number of rotatable bonds is 6. The maximum absolute atomic E-state index is 12.4. The van der Waals surface area contributed by atoms with Crippen LogP contribution in [0, 0.1) is 5.92 Å². The molecular formula is C14H26N2O4. The molecule has 1 aliphatic carbocycles. The molecule has 0 spiro atoms. The van der Waals surface area contributed by atoms with E-state index in [-0.39, 0.29) is 18.6 Å². The van der Waals surface area contributed by atoms with Gasteiger partial charge in [-0.25, -0.2) is 4.79 Å². The number of aliphatic carboxylic acids is 1. The van der Waals surface area contributed by atoms with Crippen molar-refractivity contribution in [3.05, 3.63) is 0 Å². The van der Waals surface area contributed by atoms with E-state index in [1.54, 1.807) is 11.9 Å². The van der Waals surface area contributed by atoms with E-state index in [0.29, 0.717) is 19.1 Å². The summed E-state index contributed by atoms with van der Waals surface area (Å²) in [6, 6.07) is -0.00589. The topological polar surface area (TPSA) is 70.1 Å². The molecule has 1 N–H and O–H groups in total. The lowest BCUT2D eigenvalue weighted by Gasteiger charge is -2.36. The molecule has 116 valence electrons. The summed E-state index contributed by atoms with van der Waals surface area (Å²) in [5, 5.41) is 8.91. The van der Waals surface area contributed by atoms with Crippen LogP contribution in [0.2, 0.25) is 0 Å². The highest BCUT2D eigenvalue weighted by molar-refractivity contribution is 5.80. The third-order valence-corrected chi connectivity index (χ3v) is 3.92. The molecule has 1 aliphatic rings. The van der Waals surface area contributed by atoms with Gasteiger partial charge in [-0.05, 0) is 18.8 Å². The van der Waals surface area contributed by atoms with E-state index in [4.69, 9.17) is 9.84 Å². The lowest BCUT2D eigenvalue weighted by atomic mass is 9.86. The summed E-state index contributed by atoms with van der Waals surface area (Å²) >= 11 is 0. The number of carbonyl (C=O) groups excluding carboxylic acids is 1. The summed E-state index contributed by atoms with van der Waals surface area (Å²) in [5.41, 5.74) is 0. The van der Waals surface area contributed by atoms with Gasteiger partial charge in [0, 0.05) is 26.7 Å². The van der Waals surface area contributed by atoms with E-state index in [1.165, 1.54) is 18.4 Å². The number of hydrogen-bond donors (Lipinski definition) is 1. The van der Waals surface area contributed by atoms with Crippen LogP contribution in [-0.4, -0.2) is 66.8 Å². The Morgan fingerprint density at radius 2 is 2.05 bits per heavy atom. The highest BCUT2D eigenvalue weighted by atomic mass is 16.5. The second-order valence-corrected chi connectivity index (χ2v) is 5.63. The molecule has 0 radical (unpaired) electrons. The Morgan fingerprint density at radius 1 is 1.35 bits per heavy atom. The first kappa shape index (κ1) is 16.8. The van der Waals surface area contributed by atoms with Gasteiger partial charge < -0.3 is 19.6 Å². The Morgan fingerprint density at radius 3 is 2.60 bits per heavy atom. The van der Waals surface area contributed by atoms with E-state index < -0.39 is 5.97 Å². The molecule has 20 heavy (non-hydrogen) atoms. The van der Waals surface area contributed by atoms with Crippen molar-refractivity contribution in [2.75, 3.05) is 33.9 Å². The van der Waals surface area contributed by atoms with Crippen LogP contribution in [-0.2, 0) is 9.53 Å². The van der Waals surface area contributed by atoms with Gasteiger partial charge in [0.05, 0.1) is 6.61 Å². The predicted molar refractivity (Wildman–Crippen MR) is 75.7 cm³/mol. The lowest BCUT2D eigenvalue weighted by molar-refractivity contribution is -0.137. The summed E-state index contributed by atoms with van der Waals surface area (Å²) in [5.74, 6) is -0.379. The van der Waals surface area contributed by atoms with E-state index in [1.807, 2.05) is 0 Å². The van der Waals surface area contributed by atoms with Crippen LogP contribution in [0.1, 0.15) is 32.6 Å². The van der Waals surface area contributed by atoms with Gasteiger partial charge in [0.2, 0.25) is 0 Å². The molecule has 0 heterocycles. The first-order valence-electron chi connectivity index (χ1n) is 7.18. The fourth-order valence-electron chi connectivity index (χ4n) is 2.74. The Balaban J connectivity index is 2.63. The van der Waals surface area contributed by atoms with E-state index in [2.05, 4.69) is 6.92 Å². The highest BCUT2D eigenvalue weighted by Crippen LogP contribution is 2.27. The van der Waals surface area contributed by atoms with Crippen molar-refractivity contribution in [1.82, 2.24) is 9.80 Å². The third kappa shape index (κ3) is 5.00. The Bertz CT molecular complexity index is 335. The van der Waals surface area contributed by atoms with Crippen LogP contribution in [0.3, 0.4) is 0 Å². The average molecular weight is 286 g/mol. The molecule has 0 saturated heterocycles. The smallest absolute Gasteiger partial charge is 0.323 e. The lowest BCUT2D eigenvalue weighted by Crippen LogP contribution is -2.49. The van der Waals surface area contributed by atoms with Gasteiger partial charge in [0.25, 0.3) is 0 Å². The van der Waals surface area contributed by atoms with Crippen molar-refractivity contribution >= 4 is 12.0 Å². The van der Waals surface area contributed by atoms with Crippen LogP contribution in [0.5, 0.6) is 0 Å². The van der Waals surface area contributed by atoms with Crippen LogP contribution in [0.25, 0.3) is 0 Å². The molecule has 2 atom stereocenters. The highest BCUT2D eigenvalue weighted by Gasteiger charge is 2.28. The molecule has 0 aromatic heterocycles.